The molecule has 0 spiro atoms. The molecular formula is C19H24N6O4S. The number of hydrogen-bond acceptors (Lipinski definition) is 7. The van der Waals surface area contributed by atoms with Gasteiger partial charge in [-0.15, -0.1) is 8.80 Å². The zero-order valence-electron chi connectivity index (χ0n) is 17.4. The van der Waals surface area contributed by atoms with Crippen LogP contribution in [0.5, 0.6) is 5.75 Å². The Morgan fingerprint density at radius 3 is 2.53 bits per heavy atom. The number of nitrogens with zero attached hydrogens (tertiary/aromatic N) is 5. The lowest BCUT2D eigenvalue weighted by atomic mass is 10.1. The molecule has 10 nitrogen and oxygen atoms in total. The van der Waals surface area contributed by atoms with Crippen molar-refractivity contribution < 1.29 is 17.9 Å². The van der Waals surface area contributed by atoms with Crippen LogP contribution in [0, 0.1) is 6.92 Å². The lowest BCUT2D eigenvalue weighted by Crippen LogP contribution is -2.35. The highest BCUT2D eigenvalue weighted by Crippen LogP contribution is 2.29. The number of aromatic hydroxyl groups is 1. The highest BCUT2D eigenvalue weighted by molar-refractivity contribution is 7.89. The van der Waals surface area contributed by atoms with Crippen LogP contribution in [-0.4, -0.2) is 69.0 Å². The molecule has 0 amide bonds. The lowest BCUT2D eigenvalue weighted by molar-refractivity contribution is 0.403. The number of furan rings is 1. The Kier molecular flexibility index (Phi) is 5.83. The predicted octanol–water partition coefficient (Wildman–Crippen LogP) is 1.83. The van der Waals surface area contributed by atoms with Crippen LogP contribution in [0.4, 0.5) is 5.69 Å². The predicted molar refractivity (Wildman–Crippen MR) is 117 cm³/mol. The van der Waals surface area contributed by atoms with E-state index in [2.05, 4.69) is 19.1 Å². The smallest absolute Gasteiger partial charge is 0.367 e. The topological polar surface area (TPSA) is 123 Å². The molecule has 0 fully saturated rings. The standard InChI is InChI=1S/C19H24N6O4S/c1-12-9-10-13(29-12)11-25(5)19-17(22-30(27,28)23-19)21-15-8-6-7-14(16(15)26)18(20-2)24(3)4/h6-10,26H,11H2,1-5H3,(H,21,22). The summed E-state index contributed by atoms with van der Waals surface area (Å²) >= 11 is 0. The van der Waals surface area contributed by atoms with Gasteiger partial charge in [-0.1, -0.05) is 6.07 Å². The van der Waals surface area contributed by atoms with Crippen LogP contribution in [0.25, 0.3) is 0 Å². The second-order valence-electron chi connectivity index (χ2n) is 6.94. The van der Waals surface area contributed by atoms with Crippen molar-refractivity contribution >= 4 is 33.4 Å². The molecule has 0 unspecified atom stereocenters. The van der Waals surface area contributed by atoms with E-state index in [4.69, 9.17) is 4.42 Å². The Labute approximate surface area is 175 Å². The van der Waals surface area contributed by atoms with Crippen LogP contribution < -0.4 is 5.32 Å². The summed E-state index contributed by atoms with van der Waals surface area (Å²) < 4.78 is 37.1. The number of rotatable bonds is 4. The zero-order valence-corrected chi connectivity index (χ0v) is 18.2. The van der Waals surface area contributed by atoms with Crippen LogP contribution in [0.3, 0.4) is 0 Å². The summed E-state index contributed by atoms with van der Waals surface area (Å²) in [6, 6.07) is 8.69. The number of aliphatic imine (C=N–C) groups is 1. The summed E-state index contributed by atoms with van der Waals surface area (Å²) in [5.74, 6) is 2.01. The van der Waals surface area contributed by atoms with Crippen molar-refractivity contribution in [1.29, 1.82) is 0 Å². The molecule has 1 aromatic carbocycles. The molecule has 30 heavy (non-hydrogen) atoms. The first-order valence-corrected chi connectivity index (χ1v) is 10.5. The van der Waals surface area contributed by atoms with Gasteiger partial charge in [0.25, 0.3) is 0 Å². The highest BCUT2D eigenvalue weighted by atomic mass is 32.2. The molecule has 1 aromatic heterocycles. The molecule has 160 valence electrons. The average Bonchev–Trinajstić information content (AvgIpc) is 3.20. The number of likely N-dealkylation sites (N-methyl/N-ethyl adjacent to an activating group) is 1. The molecule has 11 heteroatoms. The number of hydrogen-bond donors (Lipinski definition) is 2. The molecule has 0 saturated carbocycles. The van der Waals surface area contributed by atoms with Gasteiger partial charge in [-0.05, 0) is 31.2 Å². The number of nitrogens with one attached hydrogen (secondary N) is 1. The van der Waals surface area contributed by atoms with E-state index < -0.39 is 10.2 Å². The van der Waals surface area contributed by atoms with Crippen LogP contribution in [0.15, 0.2) is 48.5 Å². The largest absolute Gasteiger partial charge is 0.505 e. The molecule has 0 saturated heterocycles. The number of phenols is 1. The van der Waals surface area contributed by atoms with Crippen molar-refractivity contribution in [2.24, 2.45) is 13.8 Å². The van der Waals surface area contributed by atoms with E-state index in [0.29, 0.717) is 23.7 Å². The Morgan fingerprint density at radius 2 is 1.93 bits per heavy atom. The summed E-state index contributed by atoms with van der Waals surface area (Å²) in [5.41, 5.74) is 0.771. The maximum atomic E-state index is 12.0. The van der Waals surface area contributed by atoms with E-state index in [1.54, 1.807) is 42.1 Å². The minimum atomic E-state index is -4.03. The van der Waals surface area contributed by atoms with Crippen LogP contribution >= 0.6 is 0 Å². The molecule has 1 aliphatic heterocycles. The number of anilines is 1. The molecule has 0 atom stereocenters. The first kappa shape index (κ1) is 21.4. The maximum absolute atomic E-state index is 12.0. The van der Waals surface area contributed by atoms with Gasteiger partial charge in [-0.25, -0.2) is 0 Å². The third-order valence-corrected chi connectivity index (χ3v) is 5.15. The summed E-state index contributed by atoms with van der Waals surface area (Å²) in [4.78, 5) is 7.56. The van der Waals surface area contributed by atoms with Gasteiger partial charge in [0, 0.05) is 28.2 Å². The van der Waals surface area contributed by atoms with Gasteiger partial charge in [0.2, 0.25) is 0 Å². The number of amidine groups is 3. The van der Waals surface area contributed by atoms with Crippen LogP contribution in [0.2, 0.25) is 0 Å². The molecule has 1 aliphatic rings. The minimum Gasteiger partial charge on any atom is -0.505 e. The Balaban J connectivity index is 1.91. The van der Waals surface area contributed by atoms with E-state index >= 15 is 0 Å². The van der Waals surface area contributed by atoms with Crippen molar-refractivity contribution in [3.63, 3.8) is 0 Å². The number of phenolic OH excluding ortho intramolecular Hbond substituents is 1. The normalized spacial score (nSPS) is 15.6. The fraction of sp³-hybridized carbons (Fsp3) is 0.316. The maximum Gasteiger partial charge on any atom is 0.367 e. The molecule has 0 radical (unpaired) electrons. The molecule has 2 N–H and O–H groups in total. The molecular weight excluding hydrogens is 408 g/mol. The quantitative estimate of drug-likeness (QED) is 0.429. The average molecular weight is 433 g/mol. The zero-order chi connectivity index (χ0) is 22.1. The van der Waals surface area contributed by atoms with Crippen LogP contribution in [0.1, 0.15) is 17.1 Å². The minimum absolute atomic E-state index is 0.00747. The second kappa shape index (κ2) is 8.19. The van der Waals surface area contributed by atoms with Gasteiger partial charge >= 0.3 is 10.2 Å². The molecule has 0 bridgehead atoms. The Morgan fingerprint density at radius 1 is 1.20 bits per heavy atom. The fourth-order valence-electron chi connectivity index (χ4n) is 3.05. The van der Waals surface area contributed by atoms with Gasteiger partial charge in [0.05, 0.1) is 17.8 Å². The van der Waals surface area contributed by atoms with Gasteiger partial charge in [0.1, 0.15) is 23.1 Å². The first-order chi connectivity index (χ1) is 14.1. The number of para-hydroxylation sites is 1. The summed E-state index contributed by atoms with van der Waals surface area (Å²) in [6.45, 7) is 2.12. The summed E-state index contributed by atoms with van der Waals surface area (Å²) in [7, 11) is 2.90. The third kappa shape index (κ3) is 4.46. The van der Waals surface area contributed by atoms with Gasteiger partial charge in [0.15, 0.2) is 11.7 Å². The van der Waals surface area contributed by atoms with E-state index in [1.165, 1.54) is 0 Å². The van der Waals surface area contributed by atoms with Gasteiger partial charge < -0.3 is 24.6 Å². The monoisotopic (exact) mass is 432 g/mol. The van der Waals surface area contributed by atoms with Gasteiger partial charge in [-0.2, -0.15) is 8.42 Å². The third-order valence-electron chi connectivity index (χ3n) is 4.34. The van der Waals surface area contributed by atoms with E-state index in [9.17, 15) is 13.5 Å². The van der Waals surface area contributed by atoms with Crippen LogP contribution in [-0.2, 0) is 16.8 Å². The molecule has 2 aromatic rings. The molecule has 0 aliphatic carbocycles. The van der Waals surface area contributed by atoms with Crippen molar-refractivity contribution in [3.05, 3.63) is 47.4 Å². The summed E-state index contributed by atoms with van der Waals surface area (Å²) in [5, 5.41) is 13.6. The first-order valence-electron chi connectivity index (χ1n) is 9.06. The Hall–Kier alpha value is -3.34. The van der Waals surface area contributed by atoms with E-state index in [-0.39, 0.29) is 23.1 Å². The van der Waals surface area contributed by atoms with Crippen molar-refractivity contribution in [3.8, 4) is 5.75 Å². The van der Waals surface area contributed by atoms with E-state index in [1.807, 2.05) is 33.2 Å². The number of aryl methyl sites for hydroxylation is 1. The van der Waals surface area contributed by atoms with Gasteiger partial charge in [-0.3, -0.25) is 4.99 Å². The van der Waals surface area contributed by atoms with E-state index in [0.717, 1.165) is 5.76 Å². The lowest BCUT2D eigenvalue weighted by Gasteiger charge is -2.20. The molecule has 3 rings (SSSR count). The number of benzene rings is 1. The summed E-state index contributed by atoms with van der Waals surface area (Å²) in [6.07, 6.45) is 0. The Bertz CT molecular complexity index is 1150. The van der Waals surface area contributed by atoms with Crippen molar-refractivity contribution in [2.75, 3.05) is 33.5 Å². The highest BCUT2D eigenvalue weighted by Gasteiger charge is 2.29. The van der Waals surface area contributed by atoms with Crippen molar-refractivity contribution in [1.82, 2.24) is 9.80 Å². The fourth-order valence-corrected chi connectivity index (χ4v) is 3.89. The SMILES string of the molecule is CN=C(c1cccc(NC2=NS(=O)(=O)N=C2N(C)Cc2ccc(C)o2)c1O)N(C)C. The second-order valence-corrected chi connectivity index (χ2v) is 8.20. The van der Waals surface area contributed by atoms with Crippen molar-refractivity contribution in [2.45, 2.75) is 13.5 Å². The molecule has 2 heterocycles.